The van der Waals surface area contributed by atoms with E-state index >= 15 is 0 Å². The van der Waals surface area contributed by atoms with E-state index in [4.69, 9.17) is 17.3 Å². The number of hydrogen-bond donors (Lipinski definition) is 1. The van der Waals surface area contributed by atoms with E-state index in [1.54, 1.807) is 30.7 Å². The summed E-state index contributed by atoms with van der Waals surface area (Å²) in [7, 11) is -2.20. The number of thiazole rings is 1. The summed E-state index contributed by atoms with van der Waals surface area (Å²) in [6.07, 6.45) is 3.49. The summed E-state index contributed by atoms with van der Waals surface area (Å²) in [5.74, 6) is -0.266. The van der Waals surface area contributed by atoms with Gasteiger partial charge in [0, 0.05) is 41.3 Å². The minimum atomic E-state index is -3.60. The van der Waals surface area contributed by atoms with E-state index in [1.165, 1.54) is 18.4 Å². The number of hydrogen-bond acceptors (Lipinski definition) is 8. The van der Waals surface area contributed by atoms with Gasteiger partial charge in [0.05, 0.1) is 26.0 Å². The molecule has 4 aromatic rings. The number of nitrogens with two attached hydrogens (primary N) is 1. The van der Waals surface area contributed by atoms with Crippen molar-refractivity contribution in [2.45, 2.75) is 12.5 Å². The topological polar surface area (TPSA) is 102 Å². The third-order valence-electron chi connectivity index (χ3n) is 5.44. The van der Waals surface area contributed by atoms with Crippen molar-refractivity contribution in [2.75, 3.05) is 12.8 Å². The summed E-state index contributed by atoms with van der Waals surface area (Å²) < 4.78 is 27.2. The van der Waals surface area contributed by atoms with Gasteiger partial charge in [-0.15, -0.1) is 22.7 Å². The second-order valence-corrected chi connectivity index (χ2v) is 12.0. The van der Waals surface area contributed by atoms with Crippen LogP contribution in [-0.4, -0.2) is 41.5 Å². The van der Waals surface area contributed by atoms with Crippen LogP contribution in [-0.2, 0) is 15.6 Å². The lowest BCUT2D eigenvalue weighted by atomic mass is 10.0. The van der Waals surface area contributed by atoms with E-state index in [9.17, 15) is 8.42 Å². The predicted octanol–water partition coefficient (Wildman–Crippen LogP) is 4.55. The fourth-order valence-corrected chi connectivity index (χ4v) is 7.74. The number of rotatable bonds is 3. The van der Waals surface area contributed by atoms with E-state index < -0.39 is 15.6 Å². The van der Waals surface area contributed by atoms with Gasteiger partial charge in [-0.2, -0.15) is 0 Å². The largest absolute Gasteiger partial charge is 0.369 e. The first-order valence-electron chi connectivity index (χ1n) is 9.59. The Morgan fingerprint density at radius 3 is 2.50 bits per heavy atom. The number of benzene rings is 1. The van der Waals surface area contributed by atoms with Crippen molar-refractivity contribution in [3.63, 3.8) is 0 Å². The summed E-state index contributed by atoms with van der Waals surface area (Å²) in [4.78, 5) is 14.1. The summed E-state index contributed by atoms with van der Waals surface area (Å²) in [6, 6.07) is 9.87. The summed E-state index contributed by atoms with van der Waals surface area (Å²) in [5, 5.41) is 4.19. The molecule has 0 amide bonds. The average Bonchev–Trinajstić information content (AvgIpc) is 3.41. The molecule has 4 heterocycles. The van der Waals surface area contributed by atoms with E-state index in [0.717, 1.165) is 36.2 Å². The maximum Gasteiger partial charge on any atom is 0.239 e. The van der Waals surface area contributed by atoms with E-state index in [0.29, 0.717) is 9.90 Å². The van der Waals surface area contributed by atoms with Gasteiger partial charge in [-0.25, -0.2) is 22.7 Å². The Morgan fingerprint density at radius 2 is 1.84 bits per heavy atom. The van der Waals surface area contributed by atoms with Crippen LogP contribution in [0.25, 0.3) is 31.9 Å². The highest BCUT2D eigenvalue weighted by atomic mass is 35.5. The molecule has 7 nitrogen and oxygen atoms in total. The molecule has 0 fully saturated rings. The summed E-state index contributed by atoms with van der Waals surface area (Å²) in [6.45, 7) is 1.75. The summed E-state index contributed by atoms with van der Waals surface area (Å²) >= 11 is 9.76. The highest BCUT2D eigenvalue weighted by Crippen LogP contribution is 2.47. The zero-order valence-corrected chi connectivity index (χ0v) is 20.3. The zero-order valence-electron chi connectivity index (χ0n) is 17.1. The van der Waals surface area contributed by atoms with Crippen LogP contribution in [0.15, 0.2) is 53.1 Å². The molecule has 0 aliphatic carbocycles. The van der Waals surface area contributed by atoms with Gasteiger partial charge in [0.1, 0.15) is 10.5 Å². The van der Waals surface area contributed by atoms with Crippen LogP contribution in [0.3, 0.4) is 0 Å². The Balaban J connectivity index is 1.64. The molecule has 1 aromatic carbocycles. The molecule has 5 rings (SSSR count). The number of guanidine groups is 1. The lowest BCUT2D eigenvalue weighted by Gasteiger charge is -2.33. The first-order chi connectivity index (χ1) is 15.2. The Labute approximate surface area is 198 Å². The molecule has 11 heteroatoms. The molecule has 0 bridgehead atoms. The van der Waals surface area contributed by atoms with Gasteiger partial charge in [-0.05, 0) is 13.0 Å². The van der Waals surface area contributed by atoms with Crippen LogP contribution >= 0.6 is 34.3 Å². The number of nitrogens with zero attached hydrogens (tertiary/aromatic N) is 4. The Hall–Kier alpha value is -2.53. The van der Waals surface area contributed by atoms with Crippen LogP contribution in [0.2, 0.25) is 5.02 Å². The second kappa shape index (κ2) is 7.51. The molecular formula is C21H18ClN5O2S3. The van der Waals surface area contributed by atoms with Gasteiger partial charge in [0.15, 0.2) is 0 Å². The Morgan fingerprint density at radius 1 is 1.12 bits per heavy atom. The van der Waals surface area contributed by atoms with Gasteiger partial charge in [-0.3, -0.25) is 4.98 Å². The lowest BCUT2D eigenvalue weighted by molar-refractivity contribution is 0.482. The van der Waals surface area contributed by atoms with Gasteiger partial charge in [0.2, 0.25) is 16.0 Å². The molecule has 0 spiro atoms. The Bertz CT molecular complexity index is 1460. The first-order valence-corrected chi connectivity index (χ1v) is 13.3. The van der Waals surface area contributed by atoms with Crippen molar-refractivity contribution in [1.82, 2.24) is 14.3 Å². The smallest absolute Gasteiger partial charge is 0.239 e. The molecule has 0 saturated carbocycles. The standard InChI is InChI=1S/C21H18ClN5O2S3/c1-21(11-32(28,29)27(2)20(23)26-21)18-15(22)14-7-8-24-16(17(14)31-18)12-3-5-13(6-4-12)19-25-9-10-30-19/h3-10H,11H2,1-2H3,(H2,23,26)/t21-/m0/s1. The molecule has 0 unspecified atom stereocenters. The fourth-order valence-electron chi connectivity index (χ4n) is 3.75. The van der Waals surface area contributed by atoms with Gasteiger partial charge < -0.3 is 5.73 Å². The highest BCUT2D eigenvalue weighted by Gasteiger charge is 2.43. The molecule has 3 aromatic heterocycles. The van der Waals surface area contributed by atoms with Crippen LogP contribution in [0.5, 0.6) is 0 Å². The summed E-state index contributed by atoms with van der Waals surface area (Å²) in [5.41, 5.74) is 7.60. The molecule has 1 aliphatic rings. The van der Waals surface area contributed by atoms with Crippen LogP contribution in [0.1, 0.15) is 11.8 Å². The number of thiophene rings is 1. The van der Waals surface area contributed by atoms with E-state index in [2.05, 4.69) is 15.0 Å². The Kier molecular flexibility index (Phi) is 5.01. The third-order valence-corrected chi connectivity index (χ3v) is 10.2. The van der Waals surface area contributed by atoms with Crippen LogP contribution in [0, 0.1) is 0 Å². The van der Waals surface area contributed by atoms with Gasteiger partial charge in [-0.1, -0.05) is 35.9 Å². The minimum Gasteiger partial charge on any atom is -0.369 e. The first kappa shape index (κ1) is 21.3. The SMILES string of the molecule is CN1C(N)=N[C@](C)(c2sc3c(-c4ccc(-c5nccs5)cc4)nccc3c2Cl)CS1(=O)=O. The van der Waals surface area contributed by atoms with E-state index in [-0.39, 0.29) is 11.7 Å². The van der Waals surface area contributed by atoms with Gasteiger partial charge in [0.25, 0.3) is 0 Å². The molecule has 32 heavy (non-hydrogen) atoms. The second-order valence-electron chi connectivity index (χ2n) is 7.66. The number of fused-ring (bicyclic) bond motifs is 1. The molecule has 164 valence electrons. The molecule has 1 atom stereocenters. The lowest BCUT2D eigenvalue weighted by Crippen LogP contribution is -2.50. The number of aliphatic imine (C=N–C) groups is 1. The molecule has 2 N–H and O–H groups in total. The molecule has 0 radical (unpaired) electrons. The molecule has 0 saturated heterocycles. The highest BCUT2D eigenvalue weighted by molar-refractivity contribution is 7.89. The van der Waals surface area contributed by atoms with Crippen molar-refractivity contribution < 1.29 is 8.42 Å². The normalized spacial score (nSPS) is 20.5. The molecular weight excluding hydrogens is 486 g/mol. The zero-order chi connectivity index (χ0) is 22.7. The van der Waals surface area contributed by atoms with Crippen molar-refractivity contribution in [3.8, 4) is 21.8 Å². The van der Waals surface area contributed by atoms with E-state index in [1.807, 2.05) is 35.7 Å². The van der Waals surface area contributed by atoms with Crippen molar-refractivity contribution in [2.24, 2.45) is 10.7 Å². The van der Waals surface area contributed by atoms with Crippen molar-refractivity contribution in [1.29, 1.82) is 0 Å². The van der Waals surface area contributed by atoms with Crippen LogP contribution < -0.4 is 5.73 Å². The number of sulfonamides is 1. The quantitative estimate of drug-likeness (QED) is 0.442. The average molecular weight is 504 g/mol. The maximum absolute atomic E-state index is 12.6. The van der Waals surface area contributed by atoms with Crippen LogP contribution in [0.4, 0.5) is 0 Å². The monoisotopic (exact) mass is 503 g/mol. The van der Waals surface area contributed by atoms with Gasteiger partial charge >= 0.3 is 0 Å². The number of pyridine rings is 1. The number of aromatic nitrogens is 2. The van der Waals surface area contributed by atoms with Crippen molar-refractivity contribution >= 4 is 60.3 Å². The fraction of sp³-hybridized carbons (Fsp3) is 0.190. The minimum absolute atomic E-state index is 0.0524. The number of halogens is 1. The van der Waals surface area contributed by atoms with Crippen molar-refractivity contribution in [3.05, 3.63) is 58.0 Å². The molecule has 1 aliphatic heterocycles. The predicted molar refractivity (Wildman–Crippen MR) is 132 cm³/mol. The third kappa shape index (κ3) is 3.38. The maximum atomic E-state index is 12.6.